The number of rotatable bonds is 2. The molecule has 1 aromatic heterocycles. The van der Waals surface area contributed by atoms with Gasteiger partial charge in [-0.1, -0.05) is 6.07 Å². The molecular weight excluding hydrogens is 297 g/mol. The van der Waals surface area contributed by atoms with Crippen LogP contribution in [0.4, 0.5) is 0 Å². The molecule has 98 valence electrons. The summed E-state index contributed by atoms with van der Waals surface area (Å²) in [7, 11) is 1.17. The standard InChI is InChI=1S/C12H17BBrNO3/c1-11(2)12(3,4)18-13(17-11)8-6-7-9(16-5)15-10(8)14/h6-7H,1-5H3. The molecule has 0 N–H and O–H groups in total. The van der Waals surface area contributed by atoms with E-state index in [0.29, 0.717) is 10.5 Å². The van der Waals surface area contributed by atoms with Crippen LogP contribution in [0.25, 0.3) is 0 Å². The largest absolute Gasteiger partial charge is 0.497 e. The average molecular weight is 314 g/mol. The van der Waals surface area contributed by atoms with Crippen LogP contribution in [-0.2, 0) is 9.31 Å². The molecule has 0 atom stereocenters. The minimum Gasteiger partial charge on any atom is -0.481 e. The van der Waals surface area contributed by atoms with E-state index >= 15 is 0 Å². The first-order valence-corrected chi connectivity index (χ1v) is 6.62. The number of halogens is 1. The maximum Gasteiger partial charge on any atom is 0.497 e. The first-order valence-electron chi connectivity index (χ1n) is 5.83. The lowest BCUT2D eigenvalue weighted by Gasteiger charge is -2.32. The fraction of sp³-hybridized carbons (Fsp3) is 0.583. The Hall–Kier alpha value is -0.585. The normalized spacial score (nSPS) is 21.1. The molecule has 0 aromatic carbocycles. The molecule has 18 heavy (non-hydrogen) atoms. The number of nitrogens with zero attached hydrogens (tertiary/aromatic N) is 1. The predicted octanol–water partition coefficient (Wildman–Crippen LogP) is 2.15. The van der Waals surface area contributed by atoms with E-state index in [1.807, 2.05) is 33.8 Å². The van der Waals surface area contributed by atoms with E-state index in [1.165, 1.54) is 0 Å². The molecular formula is C12H17BBrNO3. The Labute approximate surface area is 116 Å². The van der Waals surface area contributed by atoms with Crippen molar-refractivity contribution in [2.45, 2.75) is 38.9 Å². The third kappa shape index (κ3) is 2.29. The highest BCUT2D eigenvalue weighted by Crippen LogP contribution is 2.36. The zero-order chi connectivity index (χ0) is 13.6. The molecule has 0 aliphatic carbocycles. The second kappa shape index (κ2) is 4.51. The van der Waals surface area contributed by atoms with Gasteiger partial charge in [0, 0.05) is 11.5 Å². The van der Waals surface area contributed by atoms with Crippen molar-refractivity contribution in [2.24, 2.45) is 0 Å². The summed E-state index contributed by atoms with van der Waals surface area (Å²) in [5.41, 5.74) is 0.170. The van der Waals surface area contributed by atoms with Gasteiger partial charge < -0.3 is 14.0 Å². The van der Waals surface area contributed by atoms with Crippen LogP contribution in [0.3, 0.4) is 0 Å². The minimum atomic E-state index is -0.414. The molecule has 2 rings (SSSR count). The third-order valence-corrected chi connectivity index (χ3v) is 4.20. The van der Waals surface area contributed by atoms with Gasteiger partial charge in [0.25, 0.3) is 0 Å². The number of aromatic nitrogens is 1. The molecule has 1 aromatic rings. The van der Waals surface area contributed by atoms with Gasteiger partial charge in [-0.3, -0.25) is 0 Å². The minimum absolute atomic E-state index is 0.350. The molecule has 0 amide bonds. The van der Waals surface area contributed by atoms with Gasteiger partial charge in [-0.05, 0) is 43.6 Å². The summed E-state index contributed by atoms with van der Waals surface area (Å²) >= 11 is 3.42. The molecule has 4 nitrogen and oxygen atoms in total. The van der Waals surface area contributed by atoms with Crippen LogP contribution < -0.4 is 10.2 Å². The molecule has 1 aliphatic rings. The summed E-state index contributed by atoms with van der Waals surface area (Å²) in [6, 6.07) is 3.70. The number of hydrogen-bond donors (Lipinski definition) is 0. The number of ether oxygens (including phenoxy) is 1. The Kier molecular flexibility index (Phi) is 3.47. The van der Waals surface area contributed by atoms with Crippen LogP contribution in [0.5, 0.6) is 5.88 Å². The summed E-state index contributed by atoms with van der Waals surface area (Å²) < 4.78 is 17.7. The van der Waals surface area contributed by atoms with Crippen molar-refractivity contribution in [1.29, 1.82) is 0 Å². The van der Waals surface area contributed by atoms with Crippen molar-refractivity contribution in [2.75, 3.05) is 7.11 Å². The van der Waals surface area contributed by atoms with Crippen molar-refractivity contribution in [3.63, 3.8) is 0 Å². The van der Waals surface area contributed by atoms with Crippen molar-refractivity contribution < 1.29 is 14.0 Å². The van der Waals surface area contributed by atoms with Gasteiger partial charge in [0.1, 0.15) is 4.60 Å². The summed E-state index contributed by atoms with van der Waals surface area (Å²) in [6.07, 6.45) is 0. The Morgan fingerprint density at radius 1 is 1.17 bits per heavy atom. The smallest absolute Gasteiger partial charge is 0.481 e. The maximum atomic E-state index is 5.97. The van der Waals surface area contributed by atoms with Crippen molar-refractivity contribution >= 4 is 28.5 Å². The summed E-state index contributed by atoms with van der Waals surface area (Å²) in [6.45, 7) is 8.10. The van der Waals surface area contributed by atoms with Crippen LogP contribution in [0.2, 0.25) is 0 Å². The zero-order valence-corrected chi connectivity index (χ0v) is 12.9. The van der Waals surface area contributed by atoms with Crippen LogP contribution in [0.1, 0.15) is 27.7 Å². The van der Waals surface area contributed by atoms with Crippen LogP contribution in [0, 0.1) is 0 Å². The van der Waals surface area contributed by atoms with Gasteiger partial charge >= 0.3 is 7.12 Å². The average Bonchev–Trinajstić information content (AvgIpc) is 2.47. The van der Waals surface area contributed by atoms with E-state index in [-0.39, 0.29) is 11.2 Å². The monoisotopic (exact) mass is 313 g/mol. The zero-order valence-electron chi connectivity index (χ0n) is 11.3. The Balaban J connectivity index is 2.30. The van der Waals surface area contributed by atoms with Gasteiger partial charge in [0.15, 0.2) is 0 Å². The van der Waals surface area contributed by atoms with E-state index in [9.17, 15) is 0 Å². The van der Waals surface area contributed by atoms with Gasteiger partial charge in [0.2, 0.25) is 5.88 Å². The molecule has 0 saturated carbocycles. The highest BCUT2D eigenvalue weighted by molar-refractivity contribution is 9.10. The summed E-state index contributed by atoms with van der Waals surface area (Å²) in [5, 5.41) is 0. The molecule has 0 radical (unpaired) electrons. The fourth-order valence-corrected chi connectivity index (χ4v) is 2.18. The highest BCUT2D eigenvalue weighted by atomic mass is 79.9. The molecule has 0 spiro atoms. The number of pyridine rings is 1. The molecule has 2 heterocycles. The van der Waals surface area contributed by atoms with E-state index in [0.717, 1.165) is 5.46 Å². The molecule has 6 heteroatoms. The predicted molar refractivity (Wildman–Crippen MR) is 74.2 cm³/mol. The third-order valence-electron chi connectivity index (χ3n) is 3.57. The lowest BCUT2D eigenvalue weighted by Crippen LogP contribution is -2.41. The topological polar surface area (TPSA) is 40.6 Å². The van der Waals surface area contributed by atoms with E-state index in [1.54, 1.807) is 13.2 Å². The van der Waals surface area contributed by atoms with Gasteiger partial charge in [-0.25, -0.2) is 4.98 Å². The highest BCUT2D eigenvalue weighted by Gasteiger charge is 2.52. The molecule has 1 saturated heterocycles. The van der Waals surface area contributed by atoms with Crippen molar-refractivity contribution in [1.82, 2.24) is 4.98 Å². The van der Waals surface area contributed by atoms with E-state index in [2.05, 4.69) is 20.9 Å². The first-order chi connectivity index (χ1) is 8.27. The molecule has 0 unspecified atom stereocenters. The van der Waals surface area contributed by atoms with Gasteiger partial charge in [-0.15, -0.1) is 0 Å². The second-order valence-corrected chi connectivity index (χ2v) is 6.07. The van der Waals surface area contributed by atoms with Crippen LogP contribution >= 0.6 is 15.9 Å². The first kappa shape index (κ1) is 13.8. The SMILES string of the molecule is COc1ccc(B2OC(C)(C)C(C)(C)O2)c(Br)n1. The summed E-state index contributed by atoms with van der Waals surface area (Å²) in [5.74, 6) is 0.558. The number of hydrogen-bond acceptors (Lipinski definition) is 4. The maximum absolute atomic E-state index is 5.97. The van der Waals surface area contributed by atoms with Gasteiger partial charge in [-0.2, -0.15) is 0 Å². The second-order valence-electron chi connectivity index (χ2n) is 5.32. The van der Waals surface area contributed by atoms with Crippen molar-refractivity contribution in [3.8, 4) is 5.88 Å². The van der Waals surface area contributed by atoms with Crippen LogP contribution in [0.15, 0.2) is 16.7 Å². The van der Waals surface area contributed by atoms with E-state index in [4.69, 9.17) is 14.0 Å². The van der Waals surface area contributed by atoms with Gasteiger partial charge in [0.05, 0.1) is 18.3 Å². The lowest BCUT2D eigenvalue weighted by atomic mass is 9.80. The van der Waals surface area contributed by atoms with Crippen LogP contribution in [-0.4, -0.2) is 30.4 Å². The van der Waals surface area contributed by atoms with Crippen molar-refractivity contribution in [3.05, 3.63) is 16.7 Å². The summed E-state index contributed by atoms with van der Waals surface area (Å²) in [4.78, 5) is 4.27. The Bertz CT molecular complexity index is 449. The fourth-order valence-electron chi connectivity index (χ4n) is 1.69. The lowest BCUT2D eigenvalue weighted by molar-refractivity contribution is 0.00578. The molecule has 1 fully saturated rings. The Morgan fingerprint density at radius 2 is 1.72 bits per heavy atom. The molecule has 1 aliphatic heterocycles. The van der Waals surface area contributed by atoms with E-state index < -0.39 is 7.12 Å². The Morgan fingerprint density at radius 3 is 2.17 bits per heavy atom. The molecule has 0 bridgehead atoms. The number of methoxy groups -OCH3 is 1. The quantitative estimate of drug-likeness (QED) is 0.619.